The van der Waals surface area contributed by atoms with Crippen molar-refractivity contribution in [2.24, 2.45) is 11.8 Å². The maximum Gasteiger partial charge on any atom is 0.225 e. The summed E-state index contributed by atoms with van der Waals surface area (Å²) in [7, 11) is 1.97. The molecule has 2 aliphatic rings. The van der Waals surface area contributed by atoms with Crippen molar-refractivity contribution < 1.29 is 4.79 Å². The van der Waals surface area contributed by atoms with Gasteiger partial charge in [-0.1, -0.05) is 12.8 Å². The van der Waals surface area contributed by atoms with Crippen LogP contribution in [0.2, 0.25) is 0 Å². The van der Waals surface area contributed by atoms with Gasteiger partial charge in [-0.15, -0.1) is 0 Å². The minimum Gasteiger partial charge on any atom is -0.342 e. The zero-order chi connectivity index (χ0) is 9.97. The fourth-order valence-electron chi connectivity index (χ4n) is 2.60. The molecule has 2 fully saturated rings. The molecule has 0 spiro atoms. The van der Waals surface area contributed by atoms with Crippen LogP contribution in [0.1, 0.15) is 25.7 Å². The van der Waals surface area contributed by atoms with E-state index in [-0.39, 0.29) is 0 Å². The Balaban J connectivity index is 1.73. The zero-order valence-corrected chi connectivity index (χ0v) is 8.96. The molecule has 0 aromatic carbocycles. The summed E-state index contributed by atoms with van der Waals surface area (Å²) in [5.41, 5.74) is 0. The number of likely N-dealkylation sites (tertiary alicyclic amines) is 1. The van der Waals surface area contributed by atoms with E-state index in [1.165, 1.54) is 12.8 Å². The average Bonchev–Trinajstić information content (AvgIpc) is 2.62. The van der Waals surface area contributed by atoms with Crippen molar-refractivity contribution in [3.05, 3.63) is 0 Å². The smallest absolute Gasteiger partial charge is 0.225 e. The molecule has 0 bridgehead atoms. The highest BCUT2D eigenvalue weighted by molar-refractivity contribution is 5.79. The number of nitrogens with zero attached hydrogens (tertiary/aromatic N) is 1. The van der Waals surface area contributed by atoms with Crippen LogP contribution in [0.25, 0.3) is 0 Å². The second kappa shape index (κ2) is 4.30. The van der Waals surface area contributed by atoms with Gasteiger partial charge in [-0.05, 0) is 19.9 Å². The lowest BCUT2D eigenvalue weighted by Crippen LogP contribution is -2.54. The van der Waals surface area contributed by atoms with E-state index >= 15 is 0 Å². The molecule has 3 heteroatoms. The quantitative estimate of drug-likeness (QED) is 0.726. The molecule has 1 saturated heterocycles. The van der Waals surface area contributed by atoms with E-state index in [0.717, 1.165) is 32.5 Å². The van der Waals surface area contributed by atoms with Crippen LogP contribution in [0.4, 0.5) is 0 Å². The molecule has 1 N–H and O–H groups in total. The van der Waals surface area contributed by atoms with Crippen molar-refractivity contribution in [2.45, 2.75) is 25.7 Å². The third-order valence-electron chi connectivity index (χ3n) is 3.47. The van der Waals surface area contributed by atoms with Gasteiger partial charge in [-0.3, -0.25) is 4.79 Å². The van der Waals surface area contributed by atoms with Crippen molar-refractivity contribution in [1.29, 1.82) is 0 Å². The summed E-state index contributed by atoms with van der Waals surface area (Å²) in [6.07, 6.45) is 4.77. The fourth-order valence-corrected chi connectivity index (χ4v) is 2.60. The van der Waals surface area contributed by atoms with Crippen molar-refractivity contribution in [2.75, 3.05) is 26.7 Å². The number of nitrogens with one attached hydrogen (secondary N) is 1. The summed E-state index contributed by atoms with van der Waals surface area (Å²) in [6, 6.07) is 0. The molecule has 1 aliphatic carbocycles. The highest BCUT2D eigenvalue weighted by atomic mass is 16.2. The lowest BCUT2D eigenvalue weighted by atomic mass is 9.96. The third kappa shape index (κ3) is 1.92. The van der Waals surface area contributed by atoms with E-state index in [1.54, 1.807) is 0 Å². The molecule has 1 saturated carbocycles. The molecule has 1 amide bonds. The monoisotopic (exact) mass is 196 g/mol. The highest BCUT2D eigenvalue weighted by Crippen LogP contribution is 2.29. The normalized spacial score (nSPS) is 23.9. The van der Waals surface area contributed by atoms with E-state index in [1.807, 2.05) is 11.9 Å². The summed E-state index contributed by atoms with van der Waals surface area (Å²) in [5, 5.41) is 3.16. The van der Waals surface area contributed by atoms with Gasteiger partial charge in [0.2, 0.25) is 5.91 Å². The number of amides is 1. The number of carbonyl (C=O) groups is 1. The van der Waals surface area contributed by atoms with E-state index in [2.05, 4.69) is 5.32 Å². The Labute approximate surface area is 85.8 Å². The van der Waals surface area contributed by atoms with Gasteiger partial charge in [-0.25, -0.2) is 0 Å². The van der Waals surface area contributed by atoms with Gasteiger partial charge in [-0.2, -0.15) is 0 Å². The molecule has 1 aliphatic heterocycles. The van der Waals surface area contributed by atoms with Gasteiger partial charge < -0.3 is 10.2 Å². The Bertz CT molecular complexity index is 205. The molecule has 0 radical (unpaired) electrons. The maximum absolute atomic E-state index is 11.9. The first-order valence-corrected chi connectivity index (χ1v) is 5.74. The van der Waals surface area contributed by atoms with Crippen LogP contribution in [-0.4, -0.2) is 37.5 Å². The lowest BCUT2D eigenvalue weighted by Gasteiger charge is -2.40. The molecule has 1 heterocycles. The van der Waals surface area contributed by atoms with Gasteiger partial charge in [0.1, 0.15) is 0 Å². The fraction of sp³-hybridized carbons (Fsp3) is 0.909. The van der Waals surface area contributed by atoms with E-state index in [0.29, 0.717) is 17.7 Å². The van der Waals surface area contributed by atoms with Gasteiger partial charge in [0.15, 0.2) is 0 Å². The van der Waals surface area contributed by atoms with Crippen LogP contribution in [0, 0.1) is 11.8 Å². The van der Waals surface area contributed by atoms with E-state index in [9.17, 15) is 4.79 Å². The van der Waals surface area contributed by atoms with Crippen LogP contribution >= 0.6 is 0 Å². The second-order valence-corrected chi connectivity index (χ2v) is 4.65. The maximum atomic E-state index is 11.9. The highest BCUT2D eigenvalue weighted by Gasteiger charge is 2.34. The molecule has 14 heavy (non-hydrogen) atoms. The molecular weight excluding hydrogens is 176 g/mol. The molecule has 0 aromatic rings. The van der Waals surface area contributed by atoms with Gasteiger partial charge in [0, 0.05) is 31.5 Å². The molecule has 0 atom stereocenters. The summed E-state index contributed by atoms with van der Waals surface area (Å²) < 4.78 is 0. The van der Waals surface area contributed by atoms with Crippen molar-refractivity contribution in [3.8, 4) is 0 Å². The van der Waals surface area contributed by atoms with Crippen molar-refractivity contribution in [1.82, 2.24) is 10.2 Å². The van der Waals surface area contributed by atoms with Crippen LogP contribution in [0.3, 0.4) is 0 Å². The summed E-state index contributed by atoms with van der Waals surface area (Å²) in [6.45, 7) is 3.01. The van der Waals surface area contributed by atoms with Crippen molar-refractivity contribution >= 4 is 5.91 Å². The minimum absolute atomic E-state index is 0.366. The predicted molar refractivity (Wildman–Crippen MR) is 56.0 cm³/mol. The topological polar surface area (TPSA) is 32.3 Å². The molecule has 80 valence electrons. The largest absolute Gasteiger partial charge is 0.342 e. The standard InChI is InChI=1S/C11H20N2O/c1-12-6-9-7-13(8-9)11(14)10-4-2-3-5-10/h9-10,12H,2-8H2,1H3. The molecular formula is C11H20N2O. The second-order valence-electron chi connectivity index (χ2n) is 4.65. The number of rotatable bonds is 3. The predicted octanol–water partition coefficient (Wildman–Crippen LogP) is 0.854. The Morgan fingerprint density at radius 1 is 1.36 bits per heavy atom. The Hall–Kier alpha value is -0.570. The molecule has 3 nitrogen and oxygen atoms in total. The Morgan fingerprint density at radius 2 is 2.00 bits per heavy atom. The first kappa shape index (κ1) is 9.97. The summed E-state index contributed by atoms with van der Waals surface area (Å²) >= 11 is 0. The molecule has 0 unspecified atom stereocenters. The van der Waals surface area contributed by atoms with Crippen LogP contribution in [0.15, 0.2) is 0 Å². The van der Waals surface area contributed by atoms with Crippen LogP contribution in [-0.2, 0) is 4.79 Å². The van der Waals surface area contributed by atoms with Gasteiger partial charge in [0.05, 0.1) is 0 Å². The van der Waals surface area contributed by atoms with Crippen molar-refractivity contribution in [3.63, 3.8) is 0 Å². The lowest BCUT2D eigenvalue weighted by molar-refractivity contribution is -0.141. The van der Waals surface area contributed by atoms with Gasteiger partial charge >= 0.3 is 0 Å². The zero-order valence-electron chi connectivity index (χ0n) is 8.96. The minimum atomic E-state index is 0.366. The Kier molecular flexibility index (Phi) is 3.06. The first-order valence-electron chi connectivity index (χ1n) is 5.74. The molecule has 2 rings (SSSR count). The van der Waals surface area contributed by atoms with E-state index in [4.69, 9.17) is 0 Å². The van der Waals surface area contributed by atoms with Gasteiger partial charge in [0.25, 0.3) is 0 Å². The number of carbonyl (C=O) groups excluding carboxylic acids is 1. The number of hydrogen-bond donors (Lipinski definition) is 1. The van der Waals surface area contributed by atoms with E-state index < -0.39 is 0 Å². The van der Waals surface area contributed by atoms with Crippen LogP contribution < -0.4 is 5.32 Å². The summed E-state index contributed by atoms with van der Waals surface area (Å²) in [5.74, 6) is 1.49. The molecule has 0 aromatic heterocycles. The SMILES string of the molecule is CNCC1CN(C(=O)C2CCCC2)C1. The number of hydrogen-bond acceptors (Lipinski definition) is 2. The Morgan fingerprint density at radius 3 is 2.57 bits per heavy atom. The van der Waals surface area contributed by atoms with Crippen LogP contribution in [0.5, 0.6) is 0 Å². The average molecular weight is 196 g/mol. The summed E-state index contributed by atoms with van der Waals surface area (Å²) in [4.78, 5) is 13.9. The third-order valence-corrected chi connectivity index (χ3v) is 3.47. The first-order chi connectivity index (χ1) is 6.81.